The van der Waals surface area contributed by atoms with E-state index < -0.39 is 11.7 Å². The monoisotopic (exact) mass is 523 g/mol. The molecule has 9 heteroatoms. The van der Waals surface area contributed by atoms with Gasteiger partial charge < -0.3 is 14.5 Å². The van der Waals surface area contributed by atoms with Crippen LogP contribution in [0.5, 0.6) is 5.75 Å². The summed E-state index contributed by atoms with van der Waals surface area (Å²) in [6.45, 7) is 2.68. The molecule has 38 heavy (non-hydrogen) atoms. The van der Waals surface area contributed by atoms with Gasteiger partial charge in [-0.3, -0.25) is 9.69 Å². The van der Waals surface area contributed by atoms with E-state index in [4.69, 9.17) is 9.15 Å². The lowest BCUT2D eigenvalue weighted by atomic mass is 10.1. The minimum Gasteiger partial charge on any atom is -0.497 e. The molecule has 1 amide bonds. The van der Waals surface area contributed by atoms with E-state index in [1.807, 2.05) is 66.4 Å². The number of aromatic nitrogens is 1. The smallest absolute Gasteiger partial charge is 0.416 e. The van der Waals surface area contributed by atoms with Crippen LogP contribution in [0.3, 0.4) is 0 Å². The van der Waals surface area contributed by atoms with Crippen molar-refractivity contribution in [2.75, 3.05) is 7.11 Å². The number of carbonyl (C=O) groups is 1. The molecule has 0 unspecified atom stereocenters. The Bertz CT molecular complexity index is 1340. The van der Waals surface area contributed by atoms with Gasteiger partial charge in [0.15, 0.2) is 5.69 Å². The summed E-state index contributed by atoms with van der Waals surface area (Å²) in [5.41, 5.74) is 1.80. The van der Waals surface area contributed by atoms with Gasteiger partial charge in [-0.05, 0) is 41.8 Å². The van der Waals surface area contributed by atoms with Crippen LogP contribution in [0.4, 0.5) is 13.2 Å². The van der Waals surface area contributed by atoms with E-state index in [2.05, 4.69) is 10.3 Å². The fraction of sp³-hybridized carbons (Fsp3) is 0.241. The van der Waals surface area contributed by atoms with Crippen LogP contribution < -0.4 is 10.1 Å². The van der Waals surface area contributed by atoms with Crippen LogP contribution in [-0.2, 0) is 25.8 Å². The first kappa shape index (κ1) is 26.9. The predicted octanol–water partition coefficient (Wildman–Crippen LogP) is 6.40. The van der Waals surface area contributed by atoms with Gasteiger partial charge >= 0.3 is 6.18 Å². The van der Waals surface area contributed by atoms with Gasteiger partial charge in [0.2, 0.25) is 5.89 Å². The summed E-state index contributed by atoms with van der Waals surface area (Å²) in [6, 6.07) is 22.0. The molecule has 1 heterocycles. The zero-order valence-corrected chi connectivity index (χ0v) is 21.0. The Morgan fingerprint density at radius 2 is 1.68 bits per heavy atom. The first-order valence-corrected chi connectivity index (χ1v) is 12.0. The van der Waals surface area contributed by atoms with Crippen molar-refractivity contribution < 1.29 is 27.1 Å². The van der Waals surface area contributed by atoms with Crippen LogP contribution in [0, 0.1) is 0 Å². The van der Waals surface area contributed by atoms with Crippen molar-refractivity contribution in [2.45, 2.75) is 38.8 Å². The topological polar surface area (TPSA) is 67.6 Å². The van der Waals surface area contributed by atoms with Gasteiger partial charge in [-0.1, -0.05) is 60.7 Å². The summed E-state index contributed by atoms with van der Waals surface area (Å²) in [5, 5.41) is 2.90. The number of carbonyl (C=O) groups excluding carboxylic acids is 1. The molecule has 0 spiro atoms. The molecular weight excluding hydrogens is 495 g/mol. The molecular formula is C29H28F3N3O3. The second-order valence-corrected chi connectivity index (χ2v) is 8.92. The first-order valence-electron chi connectivity index (χ1n) is 12.0. The molecule has 198 valence electrons. The molecule has 6 nitrogen and oxygen atoms in total. The molecule has 1 N–H and O–H groups in total. The maximum atomic E-state index is 13.3. The van der Waals surface area contributed by atoms with E-state index in [0.717, 1.165) is 23.3 Å². The summed E-state index contributed by atoms with van der Waals surface area (Å²) in [6.07, 6.45) is -3.14. The molecule has 4 rings (SSSR count). The predicted molar refractivity (Wildman–Crippen MR) is 136 cm³/mol. The van der Waals surface area contributed by atoms with Gasteiger partial charge in [0, 0.05) is 13.1 Å². The average molecular weight is 524 g/mol. The number of amides is 1. The Balaban J connectivity index is 1.50. The lowest BCUT2D eigenvalue weighted by Gasteiger charge is -2.22. The number of hydrogen-bond donors (Lipinski definition) is 1. The maximum absolute atomic E-state index is 13.3. The van der Waals surface area contributed by atoms with E-state index >= 15 is 0 Å². The van der Waals surface area contributed by atoms with E-state index in [0.29, 0.717) is 17.9 Å². The molecule has 0 radical (unpaired) electrons. The standard InChI is InChI=1S/C29H28F3N3O3/c1-20(23-8-4-3-5-9-23)33-28(36)26-19-38-27(34-26)18-35(16-21-11-13-25(37-2)14-12-21)17-22-7-6-10-24(15-22)29(30,31)32/h3-15,19-20H,16-18H2,1-2H3,(H,33,36)/t20-/m0/s1. The minimum atomic E-state index is -4.43. The van der Waals surface area contributed by atoms with Gasteiger partial charge in [-0.15, -0.1) is 0 Å². The highest BCUT2D eigenvalue weighted by molar-refractivity contribution is 5.92. The number of ether oxygens (including phenoxy) is 1. The summed E-state index contributed by atoms with van der Waals surface area (Å²) in [5.74, 6) is 0.602. The molecule has 0 bridgehead atoms. The number of rotatable bonds is 10. The molecule has 0 aliphatic heterocycles. The molecule has 0 fully saturated rings. The van der Waals surface area contributed by atoms with Gasteiger partial charge in [0.05, 0.1) is 25.3 Å². The van der Waals surface area contributed by atoms with Crippen LogP contribution in [0.1, 0.15) is 51.6 Å². The number of methoxy groups -OCH3 is 1. The van der Waals surface area contributed by atoms with Gasteiger partial charge in [0.1, 0.15) is 12.0 Å². The third-order valence-corrected chi connectivity index (χ3v) is 6.02. The normalized spacial score (nSPS) is 12.4. The third kappa shape index (κ3) is 7.23. The third-order valence-electron chi connectivity index (χ3n) is 6.02. The zero-order chi connectivity index (χ0) is 27.1. The molecule has 1 aromatic heterocycles. The van der Waals surface area contributed by atoms with Crippen molar-refractivity contribution in [1.29, 1.82) is 0 Å². The number of halogens is 3. The Labute approximate surface area is 219 Å². The zero-order valence-electron chi connectivity index (χ0n) is 21.0. The van der Waals surface area contributed by atoms with E-state index in [1.54, 1.807) is 13.2 Å². The van der Waals surface area contributed by atoms with E-state index in [9.17, 15) is 18.0 Å². The molecule has 0 aliphatic rings. The molecule has 0 saturated heterocycles. The number of nitrogens with zero attached hydrogens (tertiary/aromatic N) is 2. The van der Waals surface area contributed by atoms with Crippen LogP contribution in [-0.4, -0.2) is 22.9 Å². The number of benzene rings is 3. The second-order valence-electron chi connectivity index (χ2n) is 8.92. The summed E-state index contributed by atoms with van der Waals surface area (Å²) >= 11 is 0. The first-order chi connectivity index (χ1) is 18.2. The largest absolute Gasteiger partial charge is 0.497 e. The van der Waals surface area contributed by atoms with Gasteiger partial charge in [0.25, 0.3) is 5.91 Å². The van der Waals surface area contributed by atoms with Crippen molar-refractivity contribution in [3.05, 3.63) is 119 Å². The Kier molecular flexibility index (Phi) is 8.48. The quantitative estimate of drug-likeness (QED) is 0.261. The van der Waals surface area contributed by atoms with Crippen LogP contribution in [0.25, 0.3) is 0 Å². The van der Waals surface area contributed by atoms with Gasteiger partial charge in [-0.25, -0.2) is 4.98 Å². The molecule has 0 saturated carbocycles. The summed E-state index contributed by atoms with van der Waals surface area (Å²) in [4.78, 5) is 19.0. The molecule has 4 aromatic rings. The van der Waals surface area contributed by atoms with Crippen molar-refractivity contribution in [3.63, 3.8) is 0 Å². The highest BCUT2D eigenvalue weighted by Crippen LogP contribution is 2.30. The molecule has 1 atom stereocenters. The fourth-order valence-corrected chi connectivity index (χ4v) is 4.04. The van der Waals surface area contributed by atoms with E-state index in [-0.39, 0.29) is 36.6 Å². The summed E-state index contributed by atoms with van der Waals surface area (Å²) in [7, 11) is 1.58. The molecule has 3 aromatic carbocycles. The Morgan fingerprint density at radius 3 is 2.37 bits per heavy atom. The highest BCUT2D eigenvalue weighted by atomic mass is 19.4. The van der Waals surface area contributed by atoms with Crippen LogP contribution >= 0.6 is 0 Å². The minimum absolute atomic E-state index is 0.131. The molecule has 0 aliphatic carbocycles. The Hall–Kier alpha value is -4.11. The Morgan fingerprint density at radius 1 is 0.974 bits per heavy atom. The summed E-state index contributed by atoms with van der Waals surface area (Å²) < 4.78 is 50.6. The SMILES string of the molecule is COc1ccc(CN(Cc2cccc(C(F)(F)F)c2)Cc2nc(C(=O)N[C@@H](C)c3ccccc3)co2)cc1. The van der Waals surface area contributed by atoms with Crippen molar-refractivity contribution >= 4 is 5.91 Å². The number of hydrogen-bond acceptors (Lipinski definition) is 5. The number of alkyl halides is 3. The van der Waals surface area contributed by atoms with Crippen molar-refractivity contribution in [3.8, 4) is 5.75 Å². The fourth-order valence-electron chi connectivity index (χ4n) is 4.04. The average Bonchev–Trinajstić information content (AvgIpc) is 3.38. The lowest BCUT2D eigenvalue weighted by molar-refractivity contribution is -0.137. The lowest BCUT2D eigenvalue weighted by Crippen LogP contribution is -2.27. The van der Waals surface area contributed by atoms with Crippen molar-refractivity contribution in [1.82, 2.24) is 15.2 Å². The van der Waals surface area contributed by atoms with Crippen molar-refractivity contribution in [2.24, 2.45) is 0 Å². The maximum Gasteiger partial charge on any atom is 0.416 e. The van der Waals surface area contributed by atoms with E-state index in [1.165, 1.54) is 12.3 Å². The van der Waals surface area contributed by atoms with Crippen LogP contribution in [0.15, 0.2) is 89.5 Å². The van der Waals surface area contributed by atoms with Gasteiger partial charge in [-0.2, -0.15) is 13.2 Å². The number of nitrogens with one attached hydrogen (secondary N) is 1. The van der Waals surface area contributed by atoms with Crippen LogP contribution in [0.2, 0.25) is 0 Å². The highest BCUT2D eigenvalue weighted by Gasteiger charge is 2.30. The second kappa shape index (κ2) is 12.0. The number of oxazole rings is 1.